The van der Waals surface area contributed by atoms with E-state index < -0.39 is 0 Å². The first-order valence-electron chi connectivity index (χ1n) is 5.55. The summed E-state index contributed by atoms with van der Waals surface area (Å²) in [4.78, 5) is 13.9. The molecule has 2 heteroatoms. The van der Waals surface area contributed by atoms with Gasteiger partial charge in [-0.3, -0.25) is 4.79 Å². The number of carbonyl (C=O) groups is 1. The normalized spacial score (nSPS) is 35.7. The maximum Gasteiger partial charge on any atom is 0.225 e. The average Bonchev–Trinajstić information content (AvgIpc) is 2.75. The highest BCUT2D eigenvalue weighted by molar-refractivity contribution is 5.79. The Balaban J connectivity index is 1.89. The highest BCUT2D eigenvalue weighted by Crippen LogP contribution is 2.54. The van der Waals surface area contributed by atoms with Crippen molar-refractivity contribution >= 4 is 5.91 Å². The van der Waals surface area contributed by atoms with Crippen molar-refractivity contribution < 1.29 is 4.79 Å². The van der Waals surface area contributed by atoms with Crippen LogP contribution < -0.4 is 0 Å². The van der Waals surface area contributed by atoms with E-state index in [-0.39, 0.29) is 0 Å². The summed E-state index contributed by atoms with van der Waals surface area (Å²) in [6.07, 6.45) is 3.77. The fourth-order valence-corrected chi connectivity index (χ4v) is 2.71. The van der Waals surface area contributed by atoms with E-state index in [0.29, 0.717) is 11.8 Å². The Morgan fingerprint density at radius 3 is 2.15 bits per heavy atom. The average molecular weight is 181 g/mol. The van der Waals surface area contributed by atoms with E-state index in [4.69, 9.17) is 0 Å². The lowest BCUT2D eigenvalue weighted by Crippen LogP contribution is -2.35. The number of nitrogens with zero attached hydrogens (tertiary/aromatic N) is 1. The minimum atomic E-state index is 0.378. The molecule has 0 N–H and O–H groups in total. The Labute approximate surface area is 80.3 Å². The lowest BCUT2D eigenvalue weighted by molar-refractivity contribution is -0.135. The van der Waals surface area contributed by atoms with E-state index in [1.165, 1.54) is 19.3 Å². The van der Waals surface area contributed by atoms with Crippen LogP contribution in [-0.2, 0) is 4.79 Å². The lowest BCUT2D eigenvalue weighted by atomic mass is 10.0. The quantitative estimate of drug-likeness (QED) is 0.651. The molecule has 0 aromatic rings. The fourth-order valence-electron chi connectivity index (χ4n) is 2.71. The van der Waals surface area contributed by atoms with Gasteiger partial charge in [-0.05, 0) is 44.9 Å². The number of hydrogen-bond donors (Lipinski definition) is 0. The van der Waals surface area contributed by atoms with E-state index in [0.717, 1.165) is 24.9 Å². The van der Waals surface area contributed by atoms with Gasteiger partial charge in [0.2, 0.25) is 5.91 Å². The number of amides is 1. The number of rotatable bonds is 3. The monoisotopic (exact) mass is 181 g/mol. The van der Waals surface area contributed by atoms with Crippen LogP contribution in [0.15, 0.2) is 0 Å². The maximum absolute atomic E-state index is 11.9. The zero-order valence-electron chi connectivity index (χ0n) is 8.62. The first-order chi connectivity index (χ1) is 6.26. The first kappa shape index (κ1) is 9.04. The van der Waals surface area contributed by atoms with Gasteiger partial charge in [-0.2, -0.15) is 0 Å². The van der Waals surface area contributed by atoms with Gasteiger partial charge in [0.15, 0.2) is 0 Å². The van der Waals surface area contributed by atoms with Crippen LogP contribution in [0, 0.1) is 17.8 Å². The van der Waals surface area contributed by atoms with Gasteiger partial charge in [0.05, 0.1) is 0 Å². The third-order valence-corrected chi connectivity index (χ3v) is 3.67. The lowest BCUT2D eigenvalue weighted by Gasteiger charge is -2.23. The minimum Gasteiger partial charge on any atom is -0.343 e. The largest absolute Gasteiger partial charge is 0.343 e. The SMILES string of the molecule is CCN(CC)C(=O)C1CC2CC2C1. The molecule has 2 fully saturated rings. The van der Waals surface area contributed by atoms with Crippen molar-refractivity contribution in [3.63, 3.8) is 0 Å². The second-order valence-corrected chi connectivity index (χ2v) is 4.43. The smallest absolute Gasteiger partial charge is 0.225 e. The predicted octanol–water partition coefficient (Wildman–Crippen LogP) is 1.90. The van der Waals surface area contributed by atoms with Crippen LogP contribution in [0.2, 0.25) is 0 Å². The van der Waals surface area contributed by atoms with Gasteiger partial charge in [0, 0.05) is 19.0 Å². The summed E-state index contributed by atoms with van der Waals surface area (Å²) in [5.41, 5.74) is 0. The second-order valence-electron chi connectivity index (χ2n) is 4.43. The molecule has 74 valence electrons. The minimum absolute atomic E-state index is 0.378. The summed E-state index contributed by atoms with van der Waals surface area (Å²) in [7, 11) is 0. The van der Waals surface area contributed by atoms with Crippen molar-refractivity contribution in [1.29, 1.82) is 0 Å². The molecule has 13 heavy (non-hydrogen) atoms. The maximum atomic E-state index is 11.9. The van der Waals surface area contributed by atoms with Gasteiger partial charge < -0.3 is 4.90 Å². The van der Waals surface area contributed by atoms with Crippen LogP contribution in [0.1, 0.15) is 33.1 Å². The number of hydrogen-bond acceptors (Lipinski definition) is 1. The fraction of sp³-hybridized carbons (Fsp3) is 0.909. The molecule has 0 bridgehead atoms. The molecular weight excluding hydrogens is 162 g/mol. The number of fused-ring (bicyclic) bond motifs is 1. The van der Waals surface area contributed by atoms with Gasteiger partial charge >= 0.3 is 0 Å². The summed E-state index contributed by atoms with van der Waals surface area (Å²) in [6, 6.07) is 0. The third-order valence-electron chi connectivity index (χ3n) is 3.67. The molecular formula is C11H19NO. The predicted molar refractivity (Wildman–Crippen MR) is 52.2 cm³/mol. The zero-order valence-corrected chi connectivity index (χ0v) is 8.62. The van der Waals surface area contributed by atoms with Crippen molar-refractivity contribution in [2.75, 3.05) is 13.1 Å². The van der Waals surface area contributed by atoms with Crippen LogP contribution in [0.3, 0.4) is 0 Å². The summed E-state index contributed by atoms with van der Waals surface area (Å²) >= 11 is 0. The van der Waals surface area contributed by atoms with E-state index in [9.17, 15) is 4.79 Å². The highest BCUT2D eigenvalue weighted by atomic mass is 16.2. The van der Waals surface area contributed by atoms with Crippen LogP contribution in [0.4, 0.5) is 0 Å². The molecule has 0 aromatic carbocycles. The summed E-state index contributed by atoms with van der Waals surface area (Å²) in [5, 5.41) is 0. The Hall–Kier alpha value is -0.530. The molecule has 0 aromatic heterocycles. The molecule has 2 rings (SSSR count). The molecule has 1 amide bonds. The molecule has 0 spiro atoms. The van der Waals surface area contributed by atoms with E-state index in [2.05, 4.69) is 13.8 Å². The second kappa shape index (κ2) is 3.32. The standard InChI is InChI=1S/C11H19NO/c1-3-12(4-2)11(13)10-6-8-5-9(8)7-10/h8-10H,3-7H2,1-2H3. The molecule has 2 unspecified atom stereocenters. The van der Waals surface area contributed by atoms with Gasteiger partial charge in [-0.25, -0.2) is 0 Å². The van der Waals surface area contributed by atoms with Crippen LogP contribution in [0.25, 0.3) is 0 Å². The molecule has 0 heterocycles. The van der Waals surface area contributed by atoms with E-state index in [1.807, 2.05) is 4.90 Å². The summed E-state index contributed by atoms with van der Waals surface area (Å²) < 4.78 is 0. The van der Waals surface area contributed by atoms with E-state index in [1.54, 1.807) is 0 Å². The van der Waals surface area contributed by atoms with Crippen LogP contribution in [-0.4, -0.2) is 23.9 Å². The molecule has 0 radical (unpaired) electrons. The topological polar surface area (TPSA) is 20.3 Å². The Morgan fingerprint density at radius 2 is 1.69 bits per heavy atom. The first-order valence-corrected chi connectivity index (χ1v) is 5.55. The van der Waals surface area contributed by atoms with Crippen molar-refractivity contribution in [1.82, 2.24) is 4.90 Å². The van der Waals surface area contributed by atoms with Gasteiger partial charge in [-0.1, -0.05) is 0 Å². The van der Waals surface area contributed by atoms with Crippen molar-refractivity contribution in [3.8, 4) is 0 Å². The highest BCUT2D eigenvalue weighted by Gasteiger charge is 2.48. The van der Waals surface area contributed by atoms with Crippen LogP contribution in [0.5, 0.6) is 0 Å². The Bertz CT molecular complexity index is 200. The van der Waals surface area contributed by atoms with Gasteiger partial charge in [0.25, 0.3) is 0 Å². The zero-order chi connectivity index (χ0) is 9.42. The molecule has 2 atom stereocenters. The van der Waals surface area contributed by atoms with Gasteiger partial charge in [0.1, 0.15) is 0 Å². The molecule has 0 saturated heterocycles. The summed E-state index contributed by atoms with van der Waals surface area (Å²) in [5.74, 6) is 2.63. The molecule has 2 aliphatic carbocycles. The van der Waals surface area contributed by atoms with Crippen LogP contribution >= 0.6 is 0 Å². The van der Waals surface area contributed by atoms with Crippen molar-refractivity contribution in [2.24, 2.45) is 17.8 Å². The molecule has 2 nitrogen and oxygen atoms in total. The van der Waals surface area contributed by atoms with Crippen molar-refractivity contribution in [3.05, 3.63) is 0 Å². The van der Waals surface area contributed by atoms with E-state index >= 15 is 0 Å². The molecule has 0 aliphatic heterocycles. The third kappa shape index (κ3) is 1.59. The molecule has 2 aliphatic rings. The molecule has 2 saturated carbocycles. The van der Waals surface area contributed by atoms with Gasteiger partial charge in [-0.15, -0.1) is 0 Å². The Kier molecular flexibility index (Phi) is 2.31. The summed E-state index contributed by atoms with van der Waals surface area (Å²) in [6.45, 7) is 5.89. The Morgan fingerprint density at radius 1 is 1.15 bits per heavy atom. The van der Waals surface area contributed by atoms with Crippen molar-refractivity contribution in [2.45, 2.75) is 33.1 Å². The number of carbonyl (C=O) groups excluding carboxylic acids is 1.